The molecule has 1 aliphatic heterocycles. The fraction of sp³-hybridized carbons (Fsp3) is 0.480. The van der Waals surface area contributed by atoms with Crippen LogP contribution in [0.2, 0.25) is 0 Å². The first-order chi connectivity index (χ1) is 14.4. The summed E-state index contributed by atoms with van der Waals surface area (Å²) in [5, 5.41) is 3.18. The van der Waals surface area contributed by atoms with Crippen LogP contribution < -0.4 is 19.5 Å². The molecule has 160 valence electrons. The Labute approximate surface area is 178 Å². The standard InChI is InChI=1S/C25H31NO4/c1-16(29-22-11-7-9-17-8-5-6-10-19(17)22)24(27)26-21-15-25(2,3)30-23-14-18(28-4)12-13-20(21)23/h7,9,11-14,16,21H,5-6,8,10,15H2,1-4H3,(H,26,27)/t16-,21-/m0/s1. The van der Waals surface area contributed by atoms with Gasteiger partial charge in [0.05, 0.1) is 13.2 Å². The van der Waals surface area contributed by atoms with Crippen molar-refractivity contribution in [3.05, 3.63) is 53.1 Å². The van der Waals surface area contributed by atoms with Gasteiger partial charge in [0.2, 0.25) is 0 Å². The number of carbonyl (C=O) groups excluding carboxylic acids is 1. The molecule has 0 radical (unpaired) electrons. The lowest BCUT2D eigenvalue weighted by Crippen LogP contribution is -2.44. The van der Waals surface area contributed by atoms with Gasteiger partial charge in [0.1, 0.15) is 22.8 Å². The summed E-state index contributed by atoms with van der Waals surface area (Å²) in [5.74, 6) is 2.21. The van der Waals surface area contributed by atoms with Crippen molar-refractivity contribution in [2.24, 2.45) is 0 Å². The lowest BCUT2D eigenvalue weighted by molar-refractivity contribution is -0.128. The van der Waals surface area contributed by atoms with E-state index in [4.69, 9.17) is 14.2 Å². The van der Waals surface area contributed by atoms with E-state index < -0.39 is 6.10 Å². The molecule has 2 aromatic carbocycles. The molecule has 0 bridgehead atoms. The maximum atomic E-state index is 13.0. The van der Waals surface area contributed by atoms with Crippen LogP contribution in [0.3, 0.4) is 0 Å². The summed E-state index contributed by atoms with van der Waals surface area (Å²) in [5.41, 5.74) is 3.18. The van der Waals surface area contributed by atoms with Gasteiger partial charge in [-0.15, -0.1) is 0 Å². The molecule has 2 aliphatic rings. The number of fused-ring (bicyclic) bond motifs is 2. The van der Waals surface area contributed by atoms with E-state index in [1.807, 2.05) is 51.1 Å². The van der Waals surface area contributed by atoms with Gasteiger partial charge in [0.25, 0.3) is 5.91 Å². The molecule has 0 aromatic heterocycles. The van der Waals surface area contributed by atoms with Crippen LogP contribution in [0, 0.1) is 0 Å². The number of hydrogen-bond acceptors (Lipinski definition) is 4. The first-order valence-corrected chi connectivity index (χ1v) is 10.8. The summed E-state index contributed by atoms with van der Waals surface area (Å²) in [4.78, 5) is 13.0. The van der Waals surface area contributed by atoms with E-state index in [1.165, 1.54) is 24.0 Å². The topological polar surface area (TPSA) is 56.8 Å². The number of benzene rings is 2. The Morgan fingerprint density at radius 1 is 1.20 bits per heavy atom. The highest BCUT2D eigenvalue weighted by atomic mass is 16.5. The predicted octanol–water partition coefficient (Wildman–Crippen LogP) is 4.76. The van der Waals surface area contributed by atoms with Crippen LogP contribution >= 0.6 is 0 Å². The second-order valence-corrected chi connectivity index (χ2v) is 8.89. The first-order valence-electron chi connectivity index (χ1n) is 10.8. The molecule has 2 aromatic rings. The molecule has 5 heteroatoms. The number of nitrogens with one attached hydrogen (secondary N) is 1. The van der Waals surface area contributed by atoms with Crippen molar-refractivity contribution in [3.8, 4) is 17.2 Å². The molecule has 1 N–H and O–H groups in total. The zero-order valence-electron chi connectivity index (χ0n) is 18.3. The summed E-state index contributed by atoms with van der Waals surface area (Å²) in [7, 11) is 1.64. The maximum absolute atomic E-state index is 13.0. The van der Waals surface area contributed by atoms with Gasteiger partial charge < -0.3 is 19.5 Å². The van der Waals surface area contributed by atoms with Gasteiger partial charge in [0, 0.05) is 18.1 Å². The summed E-state index contributed by atoms with van der Waals surface area (Å²) in [6, 6.07) is 11.8. The molecule has 0 spiro atoms. The molecule has 1 aliphatic carbocycles. The van der Waals surface area contributed by atoms with Crippen molar-refractivity contribution in [2.45, 2.75) is 70.6 Å². The van der Waals surface area contributed by atoms with Gasteiger partial charge >= 0.3 is 0 Å². The van der Waals surface area contributed by atoms with Gasteiger partial charge in [-0.1, -0.05) is 12.1 Å². The van der Waals surface area contributed by atoms with E-state index in [-0.39, 0.29) is 17.6 Å². The fourth-order valence-electron chi connectivity index (χ4n) is 4.48. The van der Waals surface area contributed by atoms with Gasteiger partial charge in [-0.2, -0.15) is 0 Å². The highest BCUT2D eigenvalue weighted by Crippen LogP contribution is 2.41. The number of rotatable bonds is 5. The molecular formula is C25H31NO4. The quantitative estimate of drug-likeness (QED) is 0.774. The number of ether oxygens (including phenoxy) is 3. The molecule has 5 nitrogen and oxygen atoms in total. The highest BCUT2D eigenvalue weighted by molar-refractivity contribution is 5.81. The Morgan fingerprint density at radius 2 is 2.00 bits per heavy atom. The highest BCUT2D eigenvalue weighted by Gasteiger charge is 2.35. The van der Waals surface area contributed by atoms with Gasteiger partial charge in [-0.25, -0.2) is 0 Å². The van der Waals surface area contributed by atoms with E-state index in [1.54, 1.807) is 7.11 Å². The minimum absolute atomic E-state index is 0.118. The van der Waals surface area contributed by atoms with Crippen LogP contribution in [0.4, 0.5) is 0 Å². The van der Waals surface area contributed by atoms with E-state index in [9.17, 15) is 4.79 Å². The zero-order chi connectivity index (χ0) is 21.3. The van der Waals surface area contributed by atoms with Crippen LogP contribution in [-0.2, 0) is 17.6 Å². The molecular weight excluding hydrogens is 378 g/mol. The van der Waals surface area contributed by atoms with Crippen LogP contribution in [0.15, 0.2) is 36.4 Å². The lowest BCUT2D eigenvalue weighted by Gasteiger charge is -2.38. The second kappa shape index (κ2) is 8.21. The van der Waals surface area contributed by atoms with Crippen molar-refractivity contribution in [1.82, 2.24) is 5.32 Å². The third-order valence-corrected chi connectivity index (χ3v) is 6.02. The Kier molecular flexibility index (Phi) is 5.63. The third kappa shape index (κ3) is 4.25. The van der Waals surface area contributed by atoms with Crippen molar-refractivity contribution in [1.29, 1.82) is 0 Å². The number of amides is 1. The van der Waals surface area contributed by atoms with Gasteiger partial charge in [0.15, 0.2) is 6.10 Å². The normalized spacial score (nSPS) is 20.2. The Hall–Kier alpha value is -2.69. The summed E-state index contributed by atoms with van der Waals surface area (Å²) in [6.45, 7) is 5.88. The Morgan fingerprint density at radius 3 is 2.80 bits per heavy atom. The predicted molar refractivity (Wildman–Crippen MR) is 116 cm³/mol. The van der Waals surface area contributed by atoms with E-state index in [0.717, 1.165) is 35.7 Å². The minimum atomic E-state index is -0.578. The van der Waals surface area contributed by atoms with Crippen molar-refractivity contribution in [2.75, 3.05) is 7.11 Å². The number of methoxy groups -OCH3 is 1. The number of hydrogen-bond donors (Lipinski definition) is 1. The molecule has 0 saturated heterocycles. The average Bonchev–Trinajstić information content (AvgIpc) is 2.72. The minimum Gasteiger partial charge on any atom is -0.497 e. The molecule has 0 fully saturated rings. The monoisotopic (exact) mass is 409 g/mol. The number of carbonyl (C=O) groups is 1. The van der Waals surface area contributed by atoms with Crippen LogP contribution in [0.25, 0.3) is 0 Å². The largest absolute Gasteiger partial charge is 0.497 e. The molecule has 1 amide bonds. The van der Waals surface area contributed by atoms with Crippen LogP contribution in [0.1, 0.15) is 62.8 Å². The maximum Gasteiger partial charge on any atom is 0.261 e. The second-order valence-electron chi connectivity index (χ2n) is 8.89. The number of aryl methyl sites for hydroxylation is 1. The Balaban J connectivity index is 1.50. The third-order valence-electron chi connectivity index (χ3n) is 6.02. The van der Waals surface area contributed by atoms with Gasteiger partial charge in [-0.3, -0.25) is 4.79 Å². The van der Waals surface area contributed by atoms with Crippen molar-refractivity contribution < 1.29 is 19.0 Å². The SMILES string of the molecule is COc1ccc2c(c1)OC(C)(C)C[C@@H]2NC(=O)[C@H](C)Oc1cccc2c1CCCC2. The van der Waals surface area contributed by atoms with Gasteiger partial charge in [-0.05, 0) is 75.8 Å². The van der Waals surface area contributed by atoms with Crippen LogP contribution in [-0.4, -0.2) is 24.7 Å². The zero-order valence-corrected chi connectivity index (χ0v) is 18.3. The molecule has 4 rings (SSSR count). The average molecular weight is 410 g/mol. The summed E-state index contributed by atoms with van der Waals surface area (Å²) in [6.07, 6.45) is 4.60. The Bertz CT molecular complexity index is 937. The molecule has 2 atom stereocenters. The van der Waals surface area contributed by atoms with E-state index in [2.05, 4.69) is 11.4 Å². The summed E-state index contributed by atoms with van der Waals surface area (Å²) >= 11 is 0. The molecule has 0 saturated carbocycles. The fourth-order valence-corrected chi connectivity index (χ4v) is 4.48. The molecule has 0 unspecified atom stereocenters. The summed E-state index contributed by atoms with van der Waals surface area (Å²) < 4.78 is 17.6. The van der Waals surface area contributed by atoms with Crippen molar-refractivity contribution >= 4 is 5.91 Å². The smallest absolute Gasteiger partial charge is 0.261 e. The van der Waals surface area contributed by atoms with Crippen LogP contribution in [0.5, 0.6) is 17.2 Å². The van der Waals surface area contributed by atoms with Crippen molar-refractivity contribution in [3.63, 3.8) is 0 Å². The van der Waals surface area contributed by atoms with E-state index in [0.29, 0.717) is 6.42 Å². The molecule has 1 heterocycles. The van der Waals surface area contributed by atoms with E-state index >= 15 is 0 Å². The lowest BCUT2D eigenvalue weighted by atomic mass is 9.89. The first kappa shape index (κ1) is 20.6. The molecule has 30 heavy (non-hydrogen) atoms.